The van der Waals surface area contributed by atoms with Crippen molar-refractivity contribution in [3.05, 3.63) is 30.1 Å². The Bertz CT molecular complexity index is 230. The van der Waals surface area contributed by atoms with Gasteiger partial charge in [-0.2, -0.15) is 12.1 Å². The first kappa shape index (κ1) is 11.5. The van der Waals surface area contributed by atoms with Gasteiger partial charge in [0.15, 0.2) is 6.79 Å². The second-order valence-corrected chi connectivity index (χ2v) is 1.90. The molecule has 1 rings (SSSR count). The molecule has 0 aliphatic carbocycles. The third kappa shape index (κ3) is 3.27. The van der Waals surface area contributed by atoms with Crippen molar-refractivity contribution in [1.82, 2.24) is 0 Å². The maximum Gasteiger partial charge on any atom is 1.00 e. The second kappa shape index (κ2) is 6.07. The standard InChI is InChI=1S/C8H8FO2.Li/c1-10-6-11-8-5-3-2-4-7(8)9;/h2-4H,6H2,1H3;/q-1;+1. The molecule has 0 aliphatic rings. The summed E-state index contributed by atoms with van der Waals surface area (Å²) in [6.07, 6.45) is 0. The molecule has 0 spiro atoms. The molecule has 0 fully saturated rings. The molecule has 0 saturated heterocycles. The zero-order chi connectivity index (χ0) is 8.10. The van der Waals surface area contributed by atoms with Crippen LogP contribution in [0.2, 0.25) is 0 Å². The Morgan fingerprint density at radius 1 is 1.58 bits per heavy atom. The van der Waals surface area contributed by atoms with Gasteiger partial charge in [-0.05, 0) is 0 Å². The summed E-state index contributed by atoms with van der Waals surface area (Å²) >= 11 is 0. The molecule has 4 heteroatoms. The first-order valence-corrected chi connectivity index (χ1v) is 3.12. The fourth-order valence-corrected chi connectivity index (χ4v) is 0.629. The van der Waals surface area contributed by atoms with E-state index in [1.54, 1.807) is 12.1 Å². The summed E-state index contributed by atoms with van der Waals surface area (Å²) in [5, 5.41) is 0. The molecule has 0 radical (unpaired) electrons. The molecule has 0 unspecified atom stereocenters. The Morgan fingerprint density at radius 2 is 2.33 bits per heavy atom. The number of rotatable bonds is 3. The van der Waals surface area contributed by atoms with Gasteiger partial charge < -0.3 is 9.47 Å². The van der Waals surface area contributed by atoms with Crippen molar-refractivity contribution in [1.29, 1.82) is 0 Å². The van der Waals surface area contributed by atoms with Gasteiger partial charge in [-0.1, -0.05) is 0 Å². The van der Waals surface area contributed by atoms with Crippen LogP contribution in [0.5, 0.6) is 5.75 Å². The van der Waals surface area contributed by atoms with Gasteiger partial charge in [0.05, 0.1) is 0 Å². The third-order valence-electron chi connectivity index (χ3n) is 1.09. The van der Waals surface area contributed by atoms with E-state index in [1.807, 2.05) is 0 Å². The van der Waals surface area contributed by atoms with Crippen molar-refractivity contribution in [3.63, 3.8) is 0 Å². The van der Waals surface area contributed by atoms with Crippen molar-refractivity contribution in [2.75, 3.05) is 13.9 Å². The van der Waals surface area contributed by atoms with E-state index in [4.69, 9.17) is 4.74 Å². The van der Waals surface area contributed by atoms with Crippen LogP contribution >= 0.6 is 0 Å². The van der Waals surface area contributed by atoms with Crippen LogP contribution < -0.4 is 23.6 Å². The van der Waals surface area contributed by atoms with Crippen LogP contribution in [0.4, 0.5) is 4.39 Å². The Hall–Kier alpha value is -0.493. The second-order valence-electron chi connectivity index (χ2n) is 1.90. The summed E-state index contributed by atoms with van der Waals surface area (Å²) in [5.74, 6) is -0.334. The minimum atomic E-state index is -0.426. The van der Waals surface area contributed by atoms with Crippen molar-refractivity contribution in [2.45, 2.75) is 0 Å². The van der Waals surface area contributed by atoms with E-state index in [1.165, 1.54) is 13.2 Å². The predicted octanol–water partition coefficient (Wildman–Crippen LogP) is -1.39. The van der Waals surface area contributed by atoms with Gasteiger partial charge in [0.25, 0.3) is 0 Å². The Kier molecular flexibility index (Phi) is 5.82. The summed E-state index contributed by atoms with van der Waals surface area (Å²) in [4.78, 5) is 0. The number of hydrogen-bond donors (Lipinski definition) is 0. The largest absolute Gasteiger partial charge is 1.00 e. The Labute approximate surface area is 82.9 Å². The quantitative estimate of drug-likeness (QED) is 0.309. The zero-order valence-corrected chi connectivity index (χ0v) is 7.13. The van der Waals surface area contributed by atoms with Crippen molar-refractivity contribution >= 4 is 0 Å². The smallest absolute Gasteiger partial charge is 0.491 e. The monoisotopic (exact) mass is 162 g/mol. The number of benzene rings is 1. The van der Waals surface area contributed by atoms with Gasteiger partial charge in [-0.15, -0.1) is 12.1 Å². The molecule has 0 saturated carbocycles. The molecule has 0 bridgehead atoms. The molecule has 12 heavy (non-hydrogen) atoms. The van der Waals surface area contributed by atoms with Crippen molar-refractivity contribution < 1.29 is 32.7 Å². The van der Waals surface area contributed by atoms with Gasteiger partial charge >= 0.3 is 18.9 Å². The van der Waals surface area contributed by atoms with E-state index in [-0.39, 0.29) is 31.4 Å². The molecule has 1 aromatic carbocycles. The number of halogens is 1. The summed E-state index contributed by atoms with van der Waals surface area (Å²) in [5.41, 5.74) is 0. The van der Waals surface area contributed by atoms with Crippen molar-refractivity contribution in [3.8, 4) is 5.75 Å². The molecular formula is C8H8FLiO2. The van der Waals surface area contributed by atoms with E-state index in [0.717, 1.165) is 0 Å². The topological polar surface area (TPSA) is 18.5 Å². The molecule has 1 aromatic rings. The van der Waals surface area contributed by atoms with Crippen LogP contribution in [0.1, 0.15) is 0 Å². The summed E-state index contributed by atoms with van der Waals surface area (Å²) < 4.78 is 22.1. The van der Waals surface area contributed by atoms with Crippen LogP contribution in [0.15, 0.2) is 18.2 Å². The predicted molar refractivity (Wildman–Crippen MR) is 37.7 cm³/mol. The molecule has 0 aromatic heterocycles. The van der Waals surface area contributed by atoms with Crippen LogP contribution in [-0.2, 0) is 4.74 Å². The number of ether oxygens (including phenoxy) is 2. The van der Waals surface area contributed by atoms with Gasteiger partial charge in [-0.3, -0.25) is 4.39 Å². The van der Waals surface area contributed by atoms with Gasteiger partial charge in [-0.25, -0.2) is 0 Å². The van der Waals surface area contributed by atoms with Crippen LogP contribution in [0, 0.1) is 11.9 Å². The fourth-order valence-electron chi connectivity index (χ4n) is 0.629. The van der Waals surface area contributed by atoms with Crippen molar-refractivity contribution in [2.24, 2.45) is 0 Å². The van der Waals surface area contributed by atoms with Crippen LogP contribution in [0.25, 0.3) is 0 Å². The van der Waals surface area contributed by atoms with E-state index >= 15 is 0 Å². The Balaban J connectivity index is 0.00000121. The fraction of sp³-hybridized carbons (Fsp3) is 0.250. The number of hydrogen-bond acceptors (Lipinski definition) is 2. The molecule has 0 atom stereocenters. The molecule has 0 heterocycles. The minimum Gasteiger partial charge on any atom is -0.491 e. The first-order valence-electron chi connectivity index (χ1n) is 3.12. The van der Waals surface area contributed by atoms with E-state index in [0.29, 0.717) is 0 Å². The van der Waals surface area contributed by atoms with E-state index in [2.05, 4.69) is 10.8 Å². The van der Waals surface area contributed by atoms with Gasteiger partial charge in [0, 0.05) is 18.7 Å². The average molecular weight is 162 g/mol. The number of methoxy groups -OCH3 is 1. The normalized spacial score (nSPS) is 8.83. The first-order chi connectivity index (χ1) is 5.34. The average Bonchev–Trinajstić information content (AvgIpc) is 2.03. The summed E-state index contributed by atoms with van der Waals surface area (Å²) in [7, 11) is 1.47. The maximum absolute atomic E-state index is 12.7. The summed E-state index contributed by atoms with van der Waals surface area (Å²) in [6, 6.07) is 7.03. The SMILES string of the molecule is COCOc1[c-]cccc1F.[Li+]. The number of para-hydroxylation sites is 1. The molecule has 2 nitrogen and oxygen atoms in total. The van der Waals surface area contributed by atoms with Crippen LogP contribution in [0.3, 0.4) is 0 Å². The van der Waals surface area contributed by atoms with E-state index in [9.17, 15) is 4.39 Å². The van der Waals surface area contributed by atoms with E-state index < -0.39 is 5.82 Å². The molecular weight excluding hydrogens is 154 g/mol. The third-order valence-corrected chi connectivity index (χ3v) is 1.09. The zero-order valence-electron chi connectivity index (χ0n) is 7.13. The molecule has 0 N–H and O–H groups in total. The summed E-state index contributed by atoms with van der Waals surface area (Å²) in [6.45, 7) is 0.0391. The molecule has 0 aliphatic heterocycles. The molecule has 60 valence electrons. The van der Waals surface area contributed by atoms with Gasteiger partial charge in [0.1, 0.15) is 0 Å². The van der Waals surface area contributed by atoms with Gasteiger partial charge in [0.2, 0.25) is 0 Å². The minimum absolute atomic E-state index is 0. The Morgan fingerprint density at radius 3 is 2.92 bits per heavy atom. The molecule has 0 amide bonds. The van der Waals surface area contributed by atoms with Crippen LogP contribution in [-0.4, -0.2) is 13.9 Å². The maximum atomic E-state index is 12.7.